The van der Waals surface area contributed by atoms with Gasteiger partial charge in [0.2, 0.25) is 0 Å². The molecule has 102 valence electrons. The molecule has 1 unspecified atom stereocenters. The van der Waals surface area contributed by atoms with Crippen LogP contribution >= 0.6 is 0 Å². The summed E-state index contributed by atoms with van der Waals surface area (Å²) in [5.41, 5.74) is 11.0. The smallest absolute Gasteiger partial charge is 0.0710 e. The summed E-state index contributed by atoms with van der Waals surface area (Å²) in [7, 11) is 0. The minimum atomic E-state index is -0.121. The van der Waals surface area contributed by atoms with E-state index >= 15 is 0 Å². The van der Waals surface area contributed by atoms with Crippen LogP contribution in [0.15, 0.2) is 72.4 Å². The highest BCUT2D eigenvalue weighted by molar-refractivity contribution is 5.96. The molecule has 3 N–H and O–H groups in total. The van der Waals surface area contributed by atoms with Crippen LogP contribution in [0.1, 0.15) is 17.2 Å². The van der Waals surface area contributed by atoms with Gasteiger partial charge in [-0.05, 0) is 40.1 Å². The molecule has 0 saturated heterocycles. The number of nitrogens with two attached hydrogens (primary N) is 1. The highest BCUT2D eigenvalue weighted by Gasteiger charge is 2.20. The molecule has 0 radical (unpaired) electrons. The van der Waals surface area contributed by atoms with Gasteiger partial charge in [-0.3, -0.25) is 0 Å². The van der Waals surface area contributed by atoms with Gasteiger partial charge in [-0.1, -0.05) is 54.6 Å². The Morgan fingerprint density at radius 2 is 1.57 bits per heavy atom. The zero-order valence-electron chi connectivity index (χ0n) is 11.6. The van der Waals surface area contributed by atoms with Crippen molar-refractivity contribution in [2.75, 3.05) is 5.32 Å². The van der Waals surface area contributed by atoms with E-state index < -0.39 is 0 Å². The molecule has 2 heteroatoms. The van der Waals surface area contributed by atoms with E-state index in [2.05, 4.69) is 59.9 Å². The summed E-state index contributed by atoms with van der Waals surface area (Å²) in [5, 5.41) is 5.97. The molecule has 0 fully saturated rings. The van der Waals surface area contributed by atoms with Crippen molar-refractivity contribution in [1.29, 1.82) is 0 Å². The second kappa shape index (κ2) is 4.76. The molecule has 1 aliphatic rings. The fourth-order valence-corrected chi connectivity index (χ4v) is 3.01. The van der Waals surface area contributed by atoms with Gasteiger partial charge in [0.1, 0.15) is 0 Å². The maximum atomic E-state index is 6.47. The molecular formula is C19H16N2. The Hall–Kier alpha value is -2.58. The van der Waals surface area contributed by atoms with Crippen molar-refractivity contribution in [3.63, 3.8) is 0 Å². The summed E-state index contributed by atoms with van der Waals surface area (Å²) in [5.74, 6) is 0. The lowest BCUT2D eigenvalue weighted by Crippen LogP contribution is -2.21. The van der Waals surface area contributed by atoms with Crippen molar-refractivity contribution in [2.45, 2.75) is 6.04 Å². The van der Waals surface area contributed by atoms with E-state index in [1.54, 1.807) is 0 Å². The average molecular weight is 272 g/mol. The second-order valence-electron chi connectivity index (χ2n) is 5.36. The lowest BCUT2D eigenvalue weighted by Gasteiger charge is -2.25. The molecule has 2 nitrogen and oxygen atoms in total. The van der Waals surface area contributed by atoms with Crippen molar-refractivity contribution < 1.29 is 0 Å². The van der Waals surface area contributed by atoms with Gasteiger partial charge in [-0.25, -0.2) is 0 Å². The molecule has 1 atom stereocenters. The third-order valence-corrected chi connectivity index (χ3v) is 4.01. The van der Waals surface area contributed by atoms with Crippen molar-refractivity contribution in [1.82, 2.24) is 0 Å². The van der Waals surface area contributed by atoms with Gasteiger partial charge in [0.05, 0.1) is 6.04 Å². The minimum absolute atomic E-state index is 0.121. The first kappa shape index (κ1) is 12.2. The summed E-state index contributed by atoms with van der Waals surface area (Å²) in [6.07, 6.45) is 2.16. The van der Waals surface area contributed by atoms with Crippen LogP contribution in [0.25, 0.3) is 16.8 Å². The molecule has 3 aromatic carbocycles. The van der Waals surface area contributed by atoms with Crippen molar-refractivity contribution >= 4 is 22.5 Å². The molecule has 0 aliphatic heterocycles. The largest absolute Gasteiger partial charge is 0.357 e. The summed E-state index contributed by atoms with van der Waals surface area (Å²) in [6.45, 7) is 0. The number of benzene rings is 3. The molecule has 0 amide bonds. The maximum absolute atomic E-state index is 6.47. The molecule has 4 rings (SSSR count). The van der Waals surface area contributed by atoms with Gasteiger partial charge in [-0.2, -0.15) is 0 Å². The van der Waals surface area contributed by atoms with Crippen LogP contribution in [0.4, 0.5) is 5.69 Å². The first-order valence-electron chi connectivity index (χ1n) is 7.14. The molecule has 0 saturated carbocycles. The number of nitrogens with one attached hydrogen (secondary N) is 1. The zero-order valence-corrected chi connectivity index (χ0v) is 11.6. The molecular weight excluding hydrogens is 256 g/mol. The topological polar surface area (TPSA) is 38.0 Å². The highest BCUT2D eigenvalue weighted by atomic mass is 14.9. The molecule has 3 aromatic rings. The minimum Gasteiger partial charge on any atom is -0.357 e. The molecule has 1 aliphatic carbocycles. The first-order chi connectivity index (χ1) is 10.3. The van der Waals surface area contributed by atoms with Gasteiger partial charge in [-0.15, -0.1) is 0 Å². The normalized spacial score (nSPS) is 16.6. The van der Waals surface area contributed by atoms with Crippen molar-refractivity contribution in [2.24, 2.45) is 5.73 Å². The Kier molecular flexibility index (Phi) is 2.76. The second-order valence-corrected chi connectivity index (χ2v) is 5.36. The van der Waals surface area contributed by atoms with Gasteiger partial charge in [0.25, 0.3) is 0 Å². The van der Waals surface area contributed by atoms with Crippen LogP contribution < -0.4 is 11.1 Å². The van der Waals surface area contributed by atoms with E-state index in [0.29, 0.717) is 0 Å². The fraction of sp³-hybridized carbons (Fsp3) is 0.0526. The third kappa shape index (κ3) is 2.01. The fourth-order valence-electron chi connectivity index (χ4n) is 3.01. The number of hydrogen-bond acceptors (Lipinski definition) is 2. The zero-order chi connectivity index (χ0) is 14.2. The van der Waals surface area contributed by atoms with Gasteiger partial charge in [0.15, 0.2) is 0 Å². The van der Waals surface area contributed by atoms with Crippen LogP contribution in [0.5, 0.6) is 0 Å². The van der Waals surface area contributed by atoms with E-state index in [1.165, 1.54) is 21.9 Å². The monoisotopic (exact) mass is 272 g/mol. The predicted octanol–water partition coefficient (Wildman–Crippen LogP) is 4.31. The van der Waals surface area contributed by atoms with E-state index in [0.717, 1.165) is 11.4 Å². The van der Waals surface area contributed by atoms with Crippen LogP contribution in [0, 0.1) is 0 Å². The van der Waals surface area contributed by atoms with Crippen molar-refractivity contribution in [3.05, 3.63) is 83.6 Å². The summed E-state index contributed by atoms with van der Waals surface area (Å²) in [4.78, 5) is 0. The third-order valence-electron chi connectivity index (χ3n) is 4.01. The van der Waals surface area contributed by atoms with Crippen LogP contribution in [-0.2, 0) is 0 Å². The molecule has 21 heavy (non-hydrogen) atoms. The van der Waals surface area contributed by atoms with E-state index in [1.807, 2.05) is 18.2 Å². The Bertz CT molecular complexity index is 829. The summed E-state index contributed by atoms with van der Waals surface area (Å²) in [6, 6.07) is 22.7. The van der Waals surface area contributed by atoms with Gasteiger partial charge in [0, 0.05) is 11.4 Å². The number of anilines is 1. The molecule has 0 bridgehead atoms. The molecule has 0 spiro atoms. The standard InChI is InChI=1S/C19H16N2/c20-19-16-11-5-7-13-6-4-8-14(18(13)16)12-17(19)21-15-9-2-1-3-10-15/h1-12,19,21H,20H2. The summed E-state index contributed by atoms with van der Waals surface area (Å²) >= 11 is 0. The Morgan fingerprint density at radius 1 is 0.810 bits per heavy atom. The van der Waals surface area contributed by atoms with Crippen LogP contribution in [0.3, 0.4) is 0 Å². The van der Waals surface area contributed by atoms with E-state index in [4.69, 9.17) is 5.73 Å². The molecule has 0 heterocycles. The predicted molar refractivity (Wildman–Crippen MR) is 88.9 cm³/mol. The first-order valence-corrected chi connectivity index (χ1v) is 7.14. The Balaban J connectivity index is 1.84. The lowest BCUT2D eigenvalue weighted by atomic mass is 9.88. The summed E-state index contributed by atoms with van der Waals surface area (Å²) < 4.78 is 0. The van der Waals surface area contributed by atoms with Gasteiger partial charge < -0.3 is 11.1 Å². The number of para-hydroxylation sites is 1. The quantitative estimate of drug-likeness (QED) is 0.729. The SMILES string of the molecule is NC1C(Nc2ccccc2)=Cc2cccc3cccc1c23. The van der Waals surface area contributed by atoms with Crippen LogP contribution in [0.2, 0.25) is 0 Å². The van der Waals surface area contributed by atoms with Crippen LogP contribution in [-0.4, -0.2) is 0 Å². The van der Waals surface area contributed by atoms with E-state index in [-0.39, 0.29) is 6.04 Å². The lowest BCUT2D eigenvalue weighted by molar-refractivity contribution is 0.861. The number of rotatable bonds is 2. The van der Waals surface area contributed by atoms with Crippen molar-refractivity contribution in [3.8, 4) is 0 Å². The van der Waals surface area contributed by atoms with Gasteiger partial charge >= 0.3 is 0 Å². The average Bonchev–Trinajstić information content (AvgIpc) is 2.53. The number of hydrogen-bond donors (Lipinski definition) is 2. The van der Waals surface area contributed by atoms with E-state index in [9.17, 15) is 0 Å². The maximum Gasteiger partial charge on any atom is 0.0710 e. The Labute approximate surface area is 123 Å². The molecule has 0 aromatic heterocycles. The highest BCUT2D eigenvalue weighted by Crippen LogP contribution is 2.36. The Morgan fingerprint density at radius 3 is 2.38 bits per heavy atom.